The van der Waals surface area contributed by atoms with Crippen LogP contribution in [0.15, 0.2) is 12.7 Å². The molecular formula is C10H17NO5. The maximum atomic E-state index is 11.5. The van der Waals surface area contributed by atoms with Gasteiger partial charge in [0.05, 0.1) is 13.0 Å². The minimum atomic E-state index is -1.01. The lowest BCUT2D eigenvalue weighted by molar-refractivity contribution is -0.138. The first-order valence-electron chi connectivity index (χ1n) is 4.89. The first-order chi connectivity index (χ1) is 7.52. The molecule has 6 nitrogen and oxygen atoms in total. The van der Waals surface area contributed by atoms with Gasteiger partial charge in [0.15, 0.2) is 0 Å². The molecule has 0 aliphatic heterocycles. The van der Waals surface area contributed by atoms with E-state index in [0.29, 0.717) is 0 Å². The topological polar surface area (TPSA) is 87.1 Å². The Morgan fingerprint density at radius 3 is 2.62 bits per heavy atom. The maximum absolute atomic E-state index is 11.5. The van der Waals surface area contributed by atoms with Crippen molar-refractivity contribution in [3.63, 3.8) is 0 Å². The molecule has 1 unspecified atom stereocenters. The molecule has 0 radical (unpaired) electrons. The highest BCUT2D eigenvalue weighted by Gasteiger charge is 2.22. The number of carbonyl (C=O) groups is 2. The molecule has 0 spiro atoms. The quantitative estimate of drug-likeness (QED) is 0.622. The Labute approximate surface area is 94.1 Å². The van der Waals surface area contributed by atoms with Crippen molar-refractivity contribution in [2.45, 2.75) is 19.4 Å². The lowest BCUT2D eigenvalue weighted by Crippen LogP contribution is -2.42. The van der Waals surface area contributed by atoms with E-state index in [1.54, 1.807) is 6.92 Å². The minimum absolute atomic E-state index is 0.0461. The Kier molecular flexibility index (Phi) is 6.95. The zero-order valence-corrected chi connectivity index (χ0v) is 9.26. The number of aliphatic hydroxyl groups excluding tert-OH is 1. The van der Waals surface area contributed by atoms with Crippen LogP contribution in [0.2, 0.25) is 0 Å². The average molecular weight is 231 g/mol. The van der Waals surface area contributed by atoms with Gasteiger partial charge in [-0.05, 0) is 6.92 Å². The van der Waals surface area contributed by atoms with E-state index in [-0.39, 0.29) is 26.2 Å². The fraction of sp³-hybridized carbons (Fsp3) is 0.600. The van der Waals surface area contributed by atoms with Crippen LogP contribution in [0.4, 0.5) is 4.79 Å². The second-order valence-corrected chi connectivity index (χ2v) is 3.23. The van der Waals surface area contributed by atoms with Crippen LogP contribution in [0.25, 0.3) is 0 Å². The molecule has 6 heteroatoms. The van der Waals surface area contributed by atoms with Crippen molar-refractivity contribution in [1.29, 1.82) is 0 Å². The van der Waals surface area contributed by atoms with Crippen LogP contribution in [-0.2, 0) is 9.53 Å². The summed E-state index contributed by atoms with van der Waals surface area (Å²) in [7, 11) is 0. The van der Waals surface area contributed by atoms with Crippen LogP contribution in [0.1, 0.15) is 13.3 Å². The molecule has 1 amide bonds. The molecule has 0 heterocycles. The van der Waals surface area contributed by atoms with E-state index >= 15 is 0 Å². The van der Waals surface area contributed by atoms with Gasteiger partial charge in [0.1, 0.15) is 6.61 Å². The van der Waals surface area contributed by atoms with E-state index in [9.17, 15) is 9.59 Å². The lowest BCUT2D eigenvalue weighted by Gasteiger charge is -2.26. The van der Waals surface area contributed by atoms with Gasteiger partial charge in [-0.2, -0.15) is 0 Å². The van der Waals surface area contributed by atoms with Crippen molar-refractivity contribution in [1.82, 2.24) is 4.90 Å². The van der Waals surface area contributed by atoms with E-state index < -0.39 is 18.1 Å². The van der Waals surface area contributed by atoms with E-state index in [0.717, 1.165) is 0 Å². The number of hydrogen-bond donors (Lipinski definition) is 2. The summed E-state index contributed by atoms with van der Waals surface area (Å²) in [5.74, 6) is -1.01. The second-order valence-electron chi connectivity index (χ2n) is 3.23. The van der Waals surface area contributed by atoms with Crippen molar-refractivity contribution in [3.8, 4) is 0 Å². The van der Waals surface area contributed by atoms with E-state index in [1.165, 1.54) is 11.0 Å². The van der Waals surface area contributed by atoms with Crippen molar-refractivity contribution < 1.29 is 24.5 Å². The molecule has 0 aromatic rings. The SMILES string of the molecule is C=CCOC(=O)N(CCO)C(C)CC(=O)O. The Morgan fingerprint density at radius 2 is 2.19 bits per heavy atom. The average Bonchev–Trinajstić information content (AvgIpc) is 2.21. The number of carboxylic acids is 1. The lowest BCUT2D eigenvalue weighted by atomic mass is 10.2. The fourth-order valence-electron chi connectivity index (χ4n) is 1.18. The number of carboxylic acid groups (broad SMARTS) is 1. The fourth-order valence-corrected chi connectivity index (χ4v) is 1.18. The second kappa shape index (κ2) is 7.70. The van der Waals surface area contributed by atoms with Gasteiger partial charge in [0.2, 0.25) is 0 Å². The Bertz CT molecular complexity index is 254. The van der Waals surface area contributed by atoms with Crippen LogP contribution < -0.4 is 0 Å². The first kappa shape index (κ1) is 14.4. The van der Waals surface area contributed by atoms with Gasteiger partial charge < -0.3 is 19.8 Å². The van der Waals surface area contributed by atoms with E-state index in [1.807, 2.05) is 0 Å². The van der Waals surface area contributed by atoms with Crippen LogP contribution >= 0.6 is 0 Å². The molecule has 2 N–H and O–H groups in total. The summed E-state index contributed by atoms with van der Waals surface area (Å²) in [4.78, 5) is 23.1. The van der Waals surface area contributed by atoms with Crippen molar-refractivity contribution >= 4 is 12.1 Å². The van der Waals surface area contributed by atoms with Gasteiger partial charge in [0, 0.05) is 12.6 Å². The number of aliphatic hydroxyl groups is 1. The third kappa shape index (κ3) is 5.35. The number of rotatable bonds is 7. The highest BCUT2D eigenvalue weighted by atomic mass is 16.6. The molecule has 0 aliphatic rings. The molecule has 0 bridgehead atoms. The largest absolute Gasteiger partial charge is 0.481 e. The monoisotopic (exact) mass is 231 g/mol. The summed E-state index contributed by atoms with van der Waals surface area (Å²) in [5.41, 5.74) is 0. The van der Waals surface area contributed by atoms with Crippen LogP contribution in [0.3, 0.4) is 0 Å². The Hall–Kier alpha value is -1.56. The van der Waals surface area contributed by atoms with Crippen molar-refractivity contribution in [2.24, 2.45) is 0 Å². The number of carbonyl (C=O) groups excluding carboxylic acids is 1. The Morgan fingerprint density at radius 1 is 1.56 bits per heavy atom. The summed E-state index contributed by atoms with van der Waals surface area (Å²) in [6.45, 7) is 4.83. The summed E-state index contributed by atoms with van der Waals surface area (Å²) in [5, 5.41) is 17.4. The summed E-state index contributed by atoms with van der Waals surface area (Å²) < 4.78 is 4.77. The van der Waals surface area contributed by atoms with Crippen molar-refractivity contribution in [2.75, 3.05) is 19.8 Å². The molecule has 0 saturated carbocycles. The third-order valence-corrected chi connectivity index (χ3v) is 1.90. The molecule has 0 saturated heterocycles. The van der Waals surface area contributed by atoms with Crippen LogP contribution in [0, 0.1) is 0 Å². The first-order valence-corrected chi connectivity index (χ1v) is 4.89. The van der Waals surface area contributed by atoms with Crippen LogP contribution in [-0.4, -0.2) is 53.0 Å². The summed E-state index contributed by atoms with van der Waals surface area (Å²) in [6.07, 6.45) is 0.572. The molecule has 1 atom stereocenters. The molecule has 0 aliphatic carbocycles. The molecular weight excluding hydrogens is 214 g/mol. The number of hydrogen-bond acceptors (Lipinski definition) is 4. The van der Waals surface area contributed by atoms with E-state index in [2.05, 4.69) is 6.58 Å². The van der Waals surface area contributed by atoms with E-state index in [4.69, 9.17) is 14.9 Å². The molecule has 0 rings (SSSR count). The van der Waals surface area contributed by atoms with Gasteiger partial charge >= 0.3 is 12.1 Å². The normalized spacial score (nSPS) is 11.6. The molecule has 92 valence electrons. The highest BCUT2D eigenvalue weighted by molar-refractivity contribution is 5.71. The van der Waals surface area contributed by atoms with Gasteiger partial charge in [0.25, 0.3) is 0 Å². The molecule has 16 heavy (non-hydrogen) atoms. The van der Waals surface area contributed by atoms with Gasteiger partial charge in [-0.1, -0.05) is 12.7 Å². The summed E-state index contributed by atoms with van der Waals surface area (Å²) in [6, 6.07) is -0.526. The highest BCUT2D eigenvalue weighted by Crippen LogP contribution is 2.06. The number of aliphatic carboxylic acids is 1. The maximum Gasteiger partial charge on any atom is 0.410 e. The standard InChI is InChI=1S/C10H17NO5/c1-3-6-16-10(15)11(4-5-12)8(2)7-9(13)14/h3,8,12H,1,4-7H2,2H3,(H,13,14). The molecule has 0 fully saturated rings. The predicted octanol–water partition coefficient (Wildman–Crippen LogP) is 0.467. The smallest absolute Gasteiger partial charge is 0.410 e. The third-order valence-electron chi connectivity index (χ3n) is 1.90. The minimum Gasteiger partial charge on any atom is -0.481 e. The number of amides is 1. The van der Waals surface area contributed by atoms with Gasteiger partial charge in [-0.15, -0.1) is 0 Å². The zero-order valence-electron chi connectivity index (χ0n) is 9.26. The number of nitrogens with zero attached hydrogens (tertiary/aromatic N) is 1. The predicted molar refractivity (Wildman–Crippen MR) is 57.1 cm³/mol. The zero-order chi connectivity index (χ0) is 12.6. The van der Waals surface area contributed by atoms with Gasteiger partial charge in [-0.3, -0.25) is 4.79 Å². The molecule has 0 aromatic carbocycles. The molecule has 0 aromatic heterocycles. The summed E-state index contributed by atoms with van der Waals surface area (Å²) >= 11 is 0. The van der Waals surface area contributed by atoms with Gasteiger partial charge in [-0.25, -0.2) is 4.79 Å². The van der Waals surface area contributed by atoms with Crippen molar-refractivity contribution in [3.05, 3.63) is 12.7 Å². The number of ether oxygens (including phenoxy) is 1. The Balaban J connectivity index is 4.38. The van der Waals surface area contributed by atoms with Crippen LogP contribution in [0.5, 0.6) is 0 Å².